The maximum atomic E-state index is 12.4. The van der Waals surface area contributed by atoms with Crippen LogP contribution in [-0.4, -0.2) is 14.6 Å². The third kappa shape index (κ3) is 3.73. The first-order chi connectivity index (χ1) is 8.13. The number of hydrogen-bond donors (Lipinski definition) is 0. The molecule has 0 fully saturated rings. The van der Waals surface area contributed by atoms with E-state index in [2.05, 4.69) is 4.18 Å². The highest BCUT2D eigenvalue weighted by Crippen LogP contribution is 2.27. The number of allylic oxidation sites excluding steroid dienone is 1. The predicted octanol–water partition coefficient (Wildman–Crippen LogP) is 3.07. The number of aryl methyl sites for hydroxylation is 1. The molecule has 0 aliphatic carbocycles. The largest absolute Gasteiger partial charge is 0.446 e. The second kappa shape index (κ2) is 4.97. The van der Waals surface area contributed by atoms with Crippen LogP contribution >= 0.6 is 0 Å². The van der Waals surface area contributed by atoms with E-state index in [4.69, 9.17) is 0 Å². The van der Waals surface area contributed by atoms with E-state index < -0.39 is 28.4 Å². The number of hydrogen-bond acceptors (Lipinski definition) is 3. The molecule has 100 valence electrons. The van der Waals surface area contributed by atoms with Gasteiger partial charge in [0.25, 0.3) is 0 Å². The van der Waals surface area contributed by atoms with Gasteiger partial charge in [0.05, 0.1) is 0 Å². The van der Waals surface area contributed by atoms with Gasteiger partial charge >= 0.3 is 16.3 Å². The quantitative estimate of drug-likeness (QED) is 0.486. The van der Waals surface area contributed by atoms with Crippen molar-refractivity contribution in [1.29, 1.82) is 0 Å². The van der Waals surface area contributed by atoms with Crippen LogP contribution in [0, 0.1) is 6.92 Å². The van der Waals surface area contributed by atoms with Crippen molar-refractivity contribution in [3.63, 3.8) is 0 Å². The van der Waals surface area contributed by atoms with E-state index in [1.54, 1.807) is 6.92 Å². The van der Waals surface area contributed by atoms with Gasteiger partial charge in [-0.25, -0.2) is 0 Å². The Balaban J connectivity index is 2.94. The molecule has 0 aliphatic heterocycles. The van der Waals surface area contributed by atoms with Crippen LogP contribution in [0.2, 0.25) is 0 Å². The maximum absolute atomic E-state index is 12.4. The lowest BCUT2D eigenvalue weighted by molar-refractivity contribution is -0.110. The first-order valence-electron chi connectivity index (χ1n) is 4.56. The minimum atomic E-state index is -5.28. The second-order valence-corrected chi connectivity index (χ2v) is 4.90. The zero-order valence-corrected chi connectivity index (χ0v) is 9.85. The minimum Gasteiger partial charge on any atom is -0.384 e. The first kappa shape index (κ1) is 14.5. The van der Waals surface area contributed by atoms with E-state index in [0.29, 0.717) is 0 Å². The van der Waals surface area contributed by atoms with Crippen molar-refractivity contribution in [3.05, 3.63) is 41.9 Å². The fourth-order valence-electron chi connectivity index (χ4n) is 0.933. The molecule has 0 atom stereocenters. The topological polar surface area (TPSA) is 43.4 Å². The van der Waals surface area contributed by atoms with E-state index in [-0.39, 0.29) is 4.90 Å². The van der Waals surface area contributed by atoms with Crippen LogP contribution < -0.4 is 0 Å². The van der Waals surface area contributed by atoms with Crippen molar-refractivity contribution in [2.45, 2.75) is 18.0 Å². The minimum absolute atomic E-state index is 0.362. The van der Waals surface area contributed by atoms with Crippen LogP contribution in [0.4, 0.5) is 17.6 Å². The molecule has 0 bridgehead atoms. The molecule has 1 aromatic carbocycles. The smallest absolute Gasteiger partial charge is 0.384 e. The Morgan fingerprint density at radius 3 is 2.17 bits per heavy atom. The van der Waals surface area contributed by atoms with Crippen LogP contribution in [0.25, 0.3) is 0 Å². The molecular weight excluding hydrogens is 276 g/mol. The lowest BCUT2D eigenvalue weighted by Gasteiger charge is -2.05. The van der Waals surface area contributed by atoms with Gasteiger partial charge in [-0.05, 0) is 19.1 Å². The van der Waals surface area contributed by atoms with Crippen LogP contribution in [0.5, 0.6) is 0 Å². The van der Waals surface area contributed by atoms with E-state index in [0.717, 1.165) is 17.7 Å². The van der Waals surface area contributed by atoms with Crippen LogP contribution in [0.15, 0.2) is 41.2 Å². The standard InChI is InChI=1S/C10H8F4O3S/c1-7-2-4-8(5-3-7)18(15,16)17-6-9(11)10(12,13)14/h2-6H,1H3/b9-6-. The number of halogens is 4. The van der Waals surface area contributed by atoms with Crippen LogP contribution in [-0.2, 0) is 14.3 Å². The Kier molecular flexibility index (Phi) is 4.00. The molecule has 0 unspecified atom stereocenters. The summed E-state index contributed by atoms with van der Waals surface area (Å²) in [4.78, 5) is -0.362. The number of alkyl halides is 3. The van der Waals surface area contributed by atoms with Gasteiger partial charge in [-0.15, -0.1) is 0 Å². The van der Waals surface area contributed by atoms with Crippen molar-refractivity contribution in [3.8, 4) is 0 Å². The molecule has 0 saturated heterocycles. The van der Waals surface area contributed by atoms with Gasteiger partial charge in [0.15, 0.2) is 0 Å². The van der Waals surface area contributed by atoms with Crippen LogP contribution in [0.3, 0.4) is 0 Å². The van der Waals surface area contributed by atoms with Gasteiger partial charge in [0.2, 0.25) is 5.83 Å². The van der Waals surface area contributed by atoms with E-state index in [9.17, 15) is 26.0 Å². The molecule has 0 N–H and O–H groups in total. The molecule has 0 amide bonds. The van der Waals surface area contributed by atoms with Gasteiger partial charge in [-0.2, -0.15) is 26.0 Å². The molecule has 0 aromatic heterocycles. The highest BCUT2D eigenvalue weighted by Gasteiger charge is 2.35. The Bertz CT molecular complexity index is 543. The summed E-state index contributed by atoms with van der Waals surface area (Å²) in [6, 6.07) is 5.15. The van der Waals surface area contributed by atoms with Gasteiger partial charge in [-0.1, -0.05) is 17.7 Å². The van der Waals surface area contributed by atoms with E-state index >= 15 is 0 Å². The molecule has 3 nitrogen and oxygen atoms in total. The van der Waals surface area contributed by atoms with E-state index in [1.807, 2.05) is 0 Å². The van der Waals surface area contributed by atoms with Gasteiger partial charge in [0.1, 0.15) is 11.2 Å². The van der Waals surface area contributed by atoms with Crippen molar-refractivity contribution >= 4 is 10.1 Å². The van der Waals surface area contributed by atoms with Crippen LogP contribution in [0.1, 0.15) is 5.56 Å². The third-order valence-corrected chi connectivity index (χ3v) is 3.06. The predicted molar refractivity (Wildman–Crippen MR) is 54.7 cm³/mol. The summed E-state index contributed by atoms with van der Waals surface area (Å²) in [6.45, 7) is 1.69. The molecule has 0 radical (unpaired) electrons. The molecule has 1 rings (SSSR count). The second-order valence-electron chi connectivity index (χ2n) is 3.33. The number of benzene rings is 1. The molecule has 8 heteroatoms. The highest BCUT2D eigenvalue weighted by molar-refractivity contribution is 7.86. The molecule has 0 spiro atoms. The average molecular weight is 284 g/mol. The molecule has 0 aliphatic rings. The normalized spacial score (nSPS) is 13.5. The monoisotopic (exact) mass is 284 g/mol. The third-order valence-electron chi connectivity index (χ3n) is 1.86. The van der Waals surface area contributed by atoms with E-state index in [1.165, 1.54) is 12.1 Å². The maximum Gasteiger partial charge on any atom is 0.446 e. The molecule has 0 heterocycles. The molecular formula is C10H8F4O3S. The Morgan fingerprint density at radius 2 is 1.72 bits per heavy atom. The van der Waals surface area contributed by atoms with Crippen molar-refractivity contribution in [2.75, 3.05) is 0 Å². The highest BCUT2D eigenvalue weighted by atomic mass is 32.2. The summed E-state index contributed by atoms with van der Waals surface area (Å²) >= 11 is 0. The molecule has 0 saturated carbocycles. The average Bonchev–Trinajstić information content (AvgIpc) is 2.25. The SMILES string of the molecule is Cc1ccc(S(=O)(=O)O/C=C(\F)C(F)(F)F)cc1. The fourth-order valence-corrected chi connectivity index (χ4v) is 1.72. The lowest BCUT2D eigenvalue weighted by atomic mass is 10.2. The zero-order valence-electron chi connectivity index (χ0n) is 9.03. The van der Waals surface area contributed by atoms with Gasteiger partial charge in [0, 0.05) is 0 Å². The zero-order chi connectivity index (χ0) is 14.0. The van der Waals surface area contributed by atoms with Crippen molar-refractivity contribution in [2.24, 2.45) is 0 Å². The summed E-state index contributed by atoms with van der Waals surface area (Å²) in [5, 5.41) is 0. The molecule has 1 aromatic rings. The summed E-state index contributed by atoms with van der Waals surface area (Å²) in [5.74, 6) is -2.63. The van der Waals surface area contributed by atoms with Gasteiger partial charge < -0.3 is 4.18 Å². The molecule has 18 heavy (non-hydrogen) atoms. The summed E-state index contributed by atoms with van der Waals surface area (Å²) in [7, 11) is -4.45. The van der Waals surface area contributed by atoms with Crippen molar-refractivity contribution in [1.82, 2.24) is 0 Å². The Morgan fingerprint density at radius 1 is 1.22 bits per heavy atom. The fraction of sp³-hybridized carbons (Fsp3) is 0.200. The summed E-state index contributed by atoms with van der Waals surface area (Å²) < 4.78 is 74.3. The lowest BCUT2D eigenvalue weighted by Crippen LogP contribution is -2.10. The summed E-state index contributed by atoms with van der Waals surface area (Å²) in [6.07, 6.45) is -5.75. The summed E-state index contributed by atoms with van der Waals surface area (Å²) in [5.41, 5.74) is 0.756. The first-order valence-corrected chi connectivity index (χ1v) is 5.96. The van der Waals surface area contributed by atoms with Gasteiger partial charge in [-0.3, -0.25) is 0 Å². The van der Waals surface area contributed by atoms with Crippen molar-refractivity contribution < 1.29 is 30.2 Å². The number of rotatable bonds is 3. The Labute approximate surface area is 101 Å². The Hall–Kier alpha value is -1.57.